The highest BCUT2D eigenvalue weighted by Gasteiger charge is 2.30. The van der Waals surface area contributed by atoms with Gasteiger partial charge in [0.1, 0.15) is 18.2 Å². The number of nitrogens with one attached hydrogen (secondary N) is 3. The minimum Gasteiger partial charge on any atom is -0.373 e. The van der Waals surface area contributed by atoms with Crippen molar-refractivity contribution in [1.29, 1.82) is 0 Å². The van der Waals surface area contributed by atoms with Gasteiger partial charge in [0.05, 0.1) is 16.9 Å². The maximum absolute atomic E-state index is 14.9. The van der Waals surface area contributed by atoms with Gasteiger partial charge in [0.25, 0.3) is 5.56 Å². The molecule has 0 unspecified atom stereocenters. The first-order chi connectivity index (χ1) is 18.5. The lowest BCUT2D eigenvalue weighted by molar-refractivity contribution is -0.140. The van der Waals surface area contributed by atoms with Gasteiger partial charge in [0, 0.05) is 45.7 Å². The Morgan fingerprint density at radius 1 is 1.05 bits per heavy atom. The Morgan fingerprint density at radius 2 is 1.79 bits per heavy atom. The van der Waals surface area contributed by atoms with Crippen LogP contribution >= 0.6 is 11.3 Å². The van der Waals surface area contributed by atoms with Gasteiger partial charge in [-0.25, -0.2) is 14.2 Å². The van der Waals surface area contributed by atoms with E-state index in [0.717, 1.165) is 16.2 Å². The first kappa shape index (κ1) is 26.2. The summed E-state index contributed by atoms with van der Waals surface area (Å²) in [5, 5.41) is 10.7. The van der Waals surface area contributed by atoms with E-state index in [1.165, 1.54) is 42.7 Å². The third-order valence-corrected chi connectivity index (χ3v) is 7.12. The number of alkyl halides is 3. The fourth-order valence-electron chi connectivity index (χ4n) is 4.35. The van der Waals surface area contributed by atoms with Crippen molar-refractivity contribution in [2.45, 2.75) is 19.6 Å². The summed E-state index contributed by atoms with van der Waals surface area (Å²) < 4.78 is 56.9. The standard InChI is InChI=1S/C27H21F4N5O2S/c1-14-7-19(28)20(34-26(38)35-21-12-39-23-6-4-3-5-16(21)23)9-17(14)18-8-15-11-33-24(32-2)10-22(15)36(25(18)37)13-27(29,30)31/h3-12H,13H2,1-2H3,(H,32,33)(H2,34,35,38). The summed E-state index contributed by atoms with van der Waals surface area (Å²) in [6, 6.07) is 11.9. The molecule has 0 saturated carbocycles. The summed E-state index contributed by atoms with van der Waals surface area (Å²) in [7, 11) is 1.56. The van der Waals surface area contributed by atoms with Crippen LogP contribution in [0.1, 0.15) is 5.56 Å². The molecule has 39 heavy (non-hydrogen) atoms. The van der Waals surface area contributed by atoms with E-state index in [2.05, 4.69) is 20.9 Å². The third-order valence-electron chi connectivity index (χ3n) is 6.15. The second-order valence-electron chi connectivity index (χ2n) is 8.81. The number of benzene rings is 2. The van der Waals surface area contributed by atoms with Crippen LogP contribution in [-0.4, -0.2) is 28.8 Å². The molecular weight excluding hydrogens is 534 g/mol. The van der Waals surface area contributed by atoms with Gasteiger partial charge in [-0.15, -0.1) is 11.3 Å². The van der Waals surface area contributed by atoms with E-state index in [0.29, 0.717) is 21.6 Å². The number of thiophene rings is 1. The van der Waals surface area contributed by atoms with Gasteiger partial charge in [-0.05, 0) is 42.3 Å². The van der Waals surface area contributed by atoms with E-state index in [9.17, 15) is 27.2 Å². The predicted octanol–water partition coefficient (Wildman–Crippen LogP) is 6.97. The van der Waals surface area contributed by atoms with Gasteiger partial charge in [-0.3, -0.25) is 9.36 Å². The molecular formula is C27H21F4N5O2S. The molecule has 7 nitrogen and oxygen atoms in total. The number of anilines is 3. The average Bonchev–Trinajstić information content (AvgIpc) is 3.29. The maximum Gasteiger partial charge on any atom is 0.406 e. The van der Waals surface area contributed by atoms with Crippen molar-refractivity contribution in [3.8, 4) is 11.1 Å². The van der Waals surface area contributed by atoms with Crippen LogP contribution in [0.5, 0.6) is 0 Å². The Bertz CT molecular complexity index is 1800. The number of pyridine rings is 2. The predicted molar refractivity (Wildman–Crippen MR) is 146 cm³/mol. The molecule has 0 aliphatic heterocycles. The number of aryl methyl sites for hydroxylation is 1. The minimum absolute atomic E-state index is 0.0425. The largest absolute Gasteiger partial charge is 0.406 e. The molecule has 2 amide bonds. The quantitative estimate of drug-likeness (QED) is 0.204. The number of aromatic nitrogens is 2. The second-order valence-corrected chi connectivity index (χ2v) is 9.73. The molecule has 200 valence electrons. The Morgan fingerprint density at radius 3 is 2.54 bits per heavy atom. The number of carbonyl (C=O) groups is 1. The molecule has 0 fully saturated rings. The van der Waals surface area contributed by atoms with Crippen molar-refractivity contribution in [2.75, 3.05) is 23.0 Å². The van der Waals surface area contributed by atoms with Gasteiger partial charge in [-0.1, -0.05) is 18.2 Å². The zero-order chi connectivity index (χ0) is 27.9. The van der Waals surface area contributed by atoms with Crippen LogP contribution in [0.4, 0.5) is 39.5 Å². The number of amides is 2. The van der Waals surface area contributed by atoms with E-state index in [4.69, 9.17) is 0 Å². The molecule has 0 atom stereocenters. The monoisotopic (exact) mass is 555 g/mol. The Hall–Kier alpha value is -4.45. The SMILES string of the molecule is CNc1cc2c(cn1)cc(-c1cc(NC(=O)Nc3csc4ccccc34)c(F)cc1C)c(=O)n2CC(F)(F)F. The van der Waals surface area contributed by atoms with Crippen molar-refractivity contribution < 1.29 is 22.4 Å². The highest BCUT2D eigenvalue weighted by molar-refractivity contribution is 7.17. The summed E-state index contributed by atoms with van der Waals surface area (Å²) in [6.07, 6.45) is -3.32. The van der Waals surface area contributed by atoms with Crippen LogP contribution in [0.3, 0.4) is 0 Å². The lowest BCUT2D eigenvalue weighted by atomic mass is 9.99. The molecule has 0 aliphatic carbocycles. The second kappa shape index (κ2) is 10.0. The van der Waals surface area contributed by atoms with E-state index < -0.39 is 30.1 Å². The van der Waals surface area contributed by atoms with Crippen molar-refractivity contribution in [3.05, 3.63) is 81.8 Å². The van der Waals surface area contributed by atoms with Crippen molar-refractivity contribution >= 4 is 55.5 Å². The van der Waals surface area contributed by atoms with Crippen molar-refractivity contribution in [3.63, 3.8) is 0 Å². The number of rotatable bonds is 5. The molecule has 0 aliphatic rings. The minimum atomic E-state index is -4.67. The summed E-state index contributed by atoms with van der Waals surface area (Å²) in [6.45, 7) is 0.00550. The van der Waals surface area contributed by atoms with Crippen molar-refractivity contribution in [2.24, 2.45) is 0 Å². The topological polar surface area (TPSA) is 88.1 Å². The molecule has 3 N–H and O–H groups in total. The first-order valence-corrected chi connectivity index (χ1v) is 12.5. The van der Waals surface area contributed by atoms with E-state index in [1.54, 1.807) is 12.4 Å². The number of hydrogen-bond donors (Lipinski definition) is 3. The van der Waals surface area contributed by atoms with Gasteiger partial charge in [0.2, 0.25) is 0 Å². The van der Waals surface area contributed by atoms with Crippen LogP contribution < -0.4 is 21.5 Å². The summed E-state index contributed by atoms with van der Waals surface area (Å²) in [5.41, 5.74) is -0.179. The fraction of sp³-hybridized carbons (Fsp3) is 0.148. The van der Waals surface area contributed by atoms with E-state index >= 15 is 0 Å². The molecule has 3 heterocycles. The van der Waals surface area contributed by atoms with Crippen LogP contribution in [0.25, 0.3) is 32.1 Å². The zero-order valence-electron chi connectivity index (χ0n) is 20.6. The van der Waals surface area contributed by atoms with Gasteiger partial charge in [-0.2, -0.15) is 13.2 Å². The normalized spacial score (nSPS) is 11.6. The summed E-state index contributed by atoms with van der Waals surface area (Å²) in [5.74, 6) is -0.474. The van der Waals surface area contributed by atoms with Gasteiger partial charge in [0.15, 0.2) is 0 Å². The number of urea groups is 1. The van der Waals surface area contributed by atoms with Gasteiger partial charge < -0.3 is 16.0 Å². The van der Waals surface area contributed by atoms with Crippen LogP contribution in [0.2, 0.25) is 0 Å². The molecule has 3 aromatic heterocycles. The molecule has 12 heteroatoms. The highest BCUT2D eigenvalue weighted by Crippen LogP contribution is 2.32. The zero-order valence-corrected chi connectivity index (χ0v) is 21.4. The van der Waals surface area contributed by atoms with Crippen LogP contribution in [-0.2, 0) is 6.54 Å². The molecule has 0 radical (unpaired) electrons. The fourth-order valence-corrected chi connectivity index (χ4v) is 5.24. The number of fused-ring (bicyclic) bond motifs is 2. The lowest BCUT2D eigenvalue weighted by Gasteiger charge is -2.17. The number of hydrogen-bond acceptors (Lipinski definition) is 5. The molecule has 5 rings (SSSR count). The Kier molecular flexibility index (Phi) is 6.73. The Balaban J connectivity index is 1.56. The van der Waals surface area contributed by atoms with E-state index in [-0.39, 0.29) is 27.7 Å². The van der Waals surface area contributed by atoms with Gasteiger partial charge >= 0.3 is 12.2 Å². The van der Waals surface area contributed by atoms with Crippen LogP contribution in [0.15, 0.2) is 64.9 Å². The van der Waals surface area contributed by atoms with E-state index in [1.807, 2.05) is 24.3 Å². The number of nitrogens with zero attached hydrogens (tertiary/aromatic N) is 2. The first-order valence-electron chi connectivity index (χ1n) is 11.7. The number of halogens is 4. The third kappa shape index (κ3) is 5.28. The maximum atomic E-state index is 14.9. The smallest absolute Gasteiger partial charge is 0.373 e. The lowest BCUT2D eigenvalue weighted by Crippen LogP contribution is -2.29. The molecule has 0 spiro atoms. The van der Waals surface area contributed by atoms with Crippen molar-refractivity contribution in [1.82, 2.24) is 9.55 Å². The summed E-state index contributed by atoms with van der Waals surface area (Å²) >= 11 is 1.43. The molecule has 2 aromatic carbocycles. The van der Waals surface area contributed by atoms with Crippen LogP contribution in [0, 0.1) is 12.7 Å². The molecule has 0 bridgehead atoms. The number of carbonyl (C=O) groups excluding carboxylic acids is 1. The summed E-state index contributed by atoms with van der Waals surface area (Å²) in [4.78, 5) is 30.3. The average molecular weight is 556 g/mol. The Labute approximate surface area is 223 Å². The highest BCUT2D eigenvalue weighted by atomic mass is 32.1. The molecule has 5 aromatic rings. The molecule has 0 saturated heterocycles.